The van der Waals surface area contributed by atoms with Crippen LogP contribution in [0.3, 0.4) is 0 Å². The molecule has 2 rings (SSSR count). The van der Waals surface area contributed by atoms with Crippen molar-refractivity contribution in [3.63, 3.8) is 0 Å². The molecule has 4 heteroatoms. The number of aryl methyl sites for hydroxylation is 1. The number of rotatable bonds is 10. The Labute approximate surface area is 144 Å². The molecular formula is C20H28N2O2. The maximum atomic E-state index is 11.8. The fraction of sp³-hybridized carbons (Fsp3) is 0.450. The van der Waals surface area contributed by atoms with Gasteiger partial charge in [-0.2, -0.15) is 0 Å². The third-order valence-electron chi connectivity index (χ3n) is 3.73. The molecule has 0 saturated heterocycles. The zero-order chi connectivity index (χ0) is 17.2. The van der Waals surface area contributed by atoms with E-state index in [1.54, 1.807) is 0 Å². The number of amides is 1. The predicted molar refractivity (Wildman–Crippen MR) is 97.2 cm³/mol. The maximum absolute atomic E-state index is 11.8. The van der Waals surface area contributed by atoms with Crippen molar-refractivity contribution in [1.29, 1.82) is 0 Å². The molecule has 0 aliphatic heterocycles. The molecular weight excluding hydrogens is 300 g/mol. The highest BCUT2D eigenvalue weighted by Crippen LogP contribution is 2.13. The van der Waals surface area contributed by atoms with Gasteiger partial charge in [-0.25, -0.2) is 0 Å². The van der Waals surface area contributed by atoms with E-state index < -0.39 is 0 Å². The molecule has 0 unspecified atom stereocenters. The monoisotopic (exact) mass is 328 g/mol. The number of hydrogen-bond acceptors (Lipinski definition) is 2. The molecule has 0 atom stereocenters. The van der Waals surface area contributed by atoms with Crippen LogP contribution in [-0.2, 0) is 17.8 Å². The number of carbonyl (C=O) groups is 1. The largest absolute Gasteiger partial charge is 0.493 e. The van der Waals surface area contributed by atoms with Gasteiger partial charge in [0, 0.05) is 31.9 Å². The zero-order valence-electron chi connectivity index (χ0n) is 14.7. The van der Waals surface area contributed by atoms with Gasteiger partial charge in [0.2, 0.25) is 5.91 Å². The molecule has 0 aliphatic carbocycles. The van der Waals surface area contributed by atoms with E-state index in [1.165, 1.54) is 5.56 Å². The van der Waals surface area contributed by atoms with Crippen LogP contribution in [-0.4, -0.2) is 23.6 Å². The molecule has 0 bridgehead atoms. The maximum Gasteiger partial charge on any atom is 0.220 e. The molecule has 24 heavy (non-hydrogen) atoms. The molecule has 0 spiro atoms. The second-order valence-corrected chi connectivity index (χ2v) is 6.47. The molecule has 0 aliphatic rings. The minimum absolute atomic E-state index is 0.124. The summed E-state index contributed by atoms with van der Waals surface area (Å²) in [6, 6.07) is 12.1. The molecule has 130 valence electrons. The number of ether oxygens (including phenoxy) is 1. The van der Waals surface area contributed by atoms with Gasteiger partial charge in [-0.1, -0.05) is 26.0 Å². The van der Waals surface area contributed by atoms with Crippen molar-refractivity contribution in [3.05, 3.63) is 54.4 Å². The highest BCUT2D eigenvalue weighted by molar-refractivity contribution is 5.75. The van der Waals surface area contributed by atoms with E-state index >= 15 is 0 Å². The molecule has 1 amide bonds. The molecule has 1 N–H and O–H groups in total. The Morgan fingerprint density at radius 2 is 1.88 bits per heavy atom. The summed E-state index contributed by atoms with van der Waals surface area (Å²) in [6.45, 7) is 6.57. The average molecular weight is 328 g/mol. The summed E-state index contributed by atoms with van der Waals surface area (Å²) in [5, 5.41) is 2.99. The van der Waals surface area contributed by atoms with Crippen molar-refractivity contribution in [2.24, 2.45) is 5.92 Å². The van der Waals surface area contributed by atoms with Crippen LogP contribution in [0.4, 0.5) is 0 Å². The SMILES string of the molecule is CC(C)COc1ccc(CCNC(=O)CCCn2cccc2)cc1. The van der Waals surface area contributed by atoms with Gasteiger partial charge in [0.15, 0.2) is 0 Å². The summed E-state index contributed by atoms with van der Waals surface area (Å²) in [4.78, 5) is 11.8. The molecule has 2 aromatic rings. The van der Waals surface area contributed by atoms with Crippen molar-refractivity contribution in [2.75, 3.05) is 13.2 Å². The van der Waals surface area contributed by atoms with E-state index in [0.29, 0.717) is 18.9 Å². The van der Waals surface area contributed by atoms with Crippen LogP contribution in [0.25, 0.3) is 0 Å². The van der Waals surface area contributed by atoms with Crippen LogP contribution in [0.15, 0.2) is 48.8 Å². The first-order valence-electron chi connectivity index (χ1n) is 8.72. The van der Waals surface area contributed by atoms with Crippen LogP contribution >= 0.6 is 0 Å². The van der Waals surface area contributed by atoms with E-state index in [0.717, 1.165) is 31.7 Å². The van der Waals surface area contributed by atoms with Gasteiger partial charge in [0.1, 0.15) is 5.75 Å². The molecule has 1 aromatic heterocycles. The first-order valence-corrected chi connectivity index (χ1v) is 8.72. The van der Waals surface area contributed by atoms with E-state index in [-0.39, 0.29) is 5.91 Å². The summed E-state index contributed by atoms with van der Waals surface area (Å²) in [7, 11) is 0. The van der Waals surface area contributed by atoms with Gasteiger partial charge < -0.3 is 14.6 Å². The quantitative estimate of drug-likeness (QED) is 0.723. The fourth-order valence-corrected chi connectivity index (χ4v) is 2.39. The second-order valence-electron chi connectivity index (χ2n) is 6.47. The van der Waals surface area contributed by atoms with E-state index in [9.17, 15) is 4.79 Å². The molecule has 4 nitrogen and oxygen atoms in total. The predicted octanol–water partition coefficient (Wildman–Crippen LogP) is 3.66. The van der Waals surface area contributed by atoms with Gasteiger partial charge >= 0.3 is 0 Å². The number of aromatic nitrogens is 1. The van der Waals surface area contributed by atoms with Gasteiger partial charge in [-0.15, -0.1) is 0 Å². The van der Waals surface area contributed by atoms with Gasteiger partial charge in [-0.3, -0.25) is 4.79 Å². The first kappa shape index (κ1) is 18.1. The lowest BCUT2D eigenvalue weighted by Crippen LogP contribution is -2.25. The summed E-state index contributed by atoms with van der Waals surface area (Å²) < 4.78 is 7.76. The Balaban J connectivity index is 1.59. The van der Waals surface area contributed by atoms with Crippen molar-refractivity contribution in [3.8, 4) is 5.75 Å². The Bertz CT molecular complexity index is 589. The van der Waals surface area contributed by atoms with Crippen LogP contribution in [0.2, 0.25) is 0 Å². The molecule has 0 saturated carbocycles. The topological polar surface area (TPSA) is 43.3 Å². The van der Waals surface area contributed by atoms with Gasteiger partial charge in [0.05, 0.1) is 6.61 Å². The highest BCUT2D eigenvalue weighted by Gasteiger charge is 2.02. The van der Waals surface area contributed by atoms with Crippen LogP contribution in [0.5, 0.6) is 5.75 Å². The zero-order valence-corrected chi connectivity index (χ0v) is 14.7. The number of benzene rings is 1. The lowest BCUT2D eigenvalue weighted by Gasteiger charge is -2.09. The van der Waals surface area contributed by atoms with Crippen molar-refractivity contribution < 1.29 is 9.53 Å². The number of nitrogens with zero attached hydrogens (tertiary/aromatic N) is 1. The number of nitrogens with one attached hydrogen (secondary N) is 1. The molecule has 1 aromatic carbocycles. The lowest BCUT2D eigenvalue weighted by molar-refractivity contribution is -0.121. The Hall–Kier alpha value is -2.23. The van der Waals surface area contributed by atoms with Crippen LogP contribution in [0.1, 0.15) is 32.3 Å². The first-order chi connectivity index (χ1) is 11.6. The third kappa shape index (κ3) is 6.90. The minimum atomic E-state index is 0.124. The lowest BCUT2D eigenvalue weighted by atomic mass is 10.1. The van der Waals surface area contributed by atoms with Crippen molar-refractivity contribution in [2.45, 2.75) is 39.7 Å². The number of carbonyl (C=O) groups excluding carboxylic acids is 1. The Morgan fingerprint density at radius 3 is 2.54 bits per heavy atom. The second kappa shape index (κ2) is 9.81. The van der Waals surface area contributed by atoms with Crippen LogP contribution < -0.4 is 10.1 Å². The number of hydrogen-bond donors (Lipinski definition) is 1. The summed E-state index contributed by atoms with van der Waals surface area (Å²) in [5.74, 6) is 1.55. The van der Waals surface area contributed by atoms with Crippen LogP contribution in [0, 0.1) is 5.92 Å². The smallest absolute Gasteiger partial charge is 0.220 e. The molecule has 1 heterocycles. The summed E-state index contributed by atoms with van der Waals surface area (Å²) in [5.41, 5.74) is 1.21. The van der Waals surface area contributed by atoms with E-state index in [4.69, 9.17) is 4.74 Å². The molecule has 0 radical (unpaired) electrons. The summed E-state index contributed by atoms with van der Waals surface area (Å²) in [6.07, 6.45) is 6.31. The Kier molecular flexibility index (Phi) is 7.40. The van der Waals surface area contributed by atoms with Crippen molar-refractivity contribution in [1.82, 2.24) is 9.88 Å². The normalized spacial score (nSPS) is 10.8. The Morgan fingerprint density at radius 1 is 1.17 bits per heavy atom. The standard InChI is InChI=1S/C20H28N2O2/c1-17(2)16-24-19-9-7-18(8-10-19)11-12-21-20(23)6-5-15-22-13-3-4-14-22/h3-4,7-10,13-14,17H,5-6,11-12,15-16H2,1-2H3,(H,21,23). The van der Waals surface area contributed by atoms with Gasteiger partial charge in [0.25, 0.3) is 0 Å². The minimum Gasteiger partial charge on any atom is -0.493 e. The highest BCUT2D eigenvalue weighted by atomic mass is 16.5. The fourth-order valence-electron chi connectivity index (χ4n) is 2.39. The van der Waals surface area contributed by atoms with E-state index in [1.807, 2.05) is 36.7 Å². The summed E-state index contributed by atoms with van der Waals surface area (Å²) >= 11 is 0. The van der Waals surface area contributed by atoms with E-state index in [2.05, 4.69) is 35.9 Å². The van der Waals surface area contributed by atoms with Gasteiger partial charge in [-0.05, 0) is 48.6 Å². The van der Waals surface area contributed by atoms with Crippen molar-refractivity contribution >= 4 is 5.91 Å². The molecule has 0 fully saturated rings. The third-order valence-corrected chi connectivity index (χ3v) is 3.73. The average Bonchev–Trinajstić information content (AvgIpc) is 3.07.